The molecular formula is C116H125ClN2OS3. The summed E-state index contributed by atoms with van der Waals surface area (Å²) in [7, 11) is 5.80. The molecule has 1 aliphatic heterocycles. The van der Waals surface area contributed by atoms with E-state index in [9.17, 15) is 0 Å². The lowest BCUT2D eigenvalue weighted by molar-refractivity contribution is 0.348. The summed E-state index contributed by atoms with van der Waals surface area (Å²) < 4.78 is 5.11. The molecule has 0 bridgehead atoms. The molecule has 13 aromatic carbocycles. The average Bonchev–Trinajstić information content (AvgIpc) is 1.65. The van der Waals surface area contributed by atoms with Gasteiger partial charge in [-0.05, 0) is 282 Å². The van der Waals surface area contributed by atoms with Crippen molar-refractivity contribution < 1.29 is 4.74 Å². The SMILES string of the molecule is CC1CCC(c2ccc(Cl)cc2)CC1.CC1CCC(c2ccccc2)N1.CCc1ccc(-c2ccc(C)s2)cc1.COc1ccc(-c2ccc(C)s2)cc1.Cc1ccc(-c2ccc(C)cc2)cc1.Cc1ccc(-c2ccc(N(C)C)cc2)cc1.Cc1ccc(-c2ccccc2)s1.Cc1ccc(-c2ccccc2C)cc1.Cc1cccc(-c2ccccc2)c1. The van der Waals surface area contributed by atoms with Gasteiger partial charge in [-0.2, -0.15) is 0 Å². The van der Waals surface area contributed by atoms with E-state index in [4.69, 9.17) is 16.3 Å². The van der Waals surface area contributed by atoms with Crippen LogP contribution in [0.5, 0.6) is 5.75 Å². The fraction of sp³-hybridized carbons (Fsp3) is 0.224. The molecule has 1 aliphatic carbocycles. The number of rotatable bonds is 12. The number of halogens is 1. The van der Waals surface area contributed by atoms with E-state index in [-0.39, 0.29) is 0 Å². The summed E-state index contributed by atoms with van der Waals surface area (Å²) in [6.45, 7) is 25.9. The molecule has 123 heavy (non-hydrogen) atoms. The normalized spacial score (nSPS) is 14.0. The van der Waals surface area contributed by atoms with Crippen LogP contribution in [0.2, 0.25) is 5.02 Å². The van der Waals surface area contributed by atoms with Crippen molar-refractivity contribution in [2.45, 2.75) is 146 Å². The summed E-state index contributed by atoms with van der Waals surface area (Å²) in [5, 5.41) is 4.42. The summed E-state index contributed by atoms with van der Waals surface area (Å²) in [5.74, 6) is 2.61. The fourth-order valence-corrected chi connectivity index (χ4v) is 17.3. The van der Waals surface area contributed by atoms with Gasteiger partial charge in [0.2, 0.25) is 0 Å². The van der Waals surface area contributed by atoms with Crippen LogP contribution in [0.3, 0.4) is 0 Å². The molecule has 2 atom stereocenters. The molecule has 4 heterocycles. The van der Waals surface area contributed by atoms with Gasteiger partial charge in [-0.15, -0.1) is 34.0 Å². The lowest BCUT2D eigenvalue weighted by Gasteiger charge is -2.26. The van der Waals surface area contributed by atoms with Crippen molar-refractivity contribution in [3.05, 3.63) is 440 Å². The molecule has 18 rings (SSSR count). The summed E-state index contributed by atoms with van der Waals surface area (Å²) in [6.07, 6.45) is 9.17. The van der Waals surface area contributed by atoms with Gasteiger partial charge in [-0.1, -0.05) is 351 Å². The van der Waals surface area contributed by atoms with Gasteiger partial charge in [0.25, 0.3) is 0 Å². The Bertz CT molecular complexity index is 5500. The molecule has 7 heteroatoms. The number of anilines is 1. The van der Waals surface area contributed by atoms with Crippen LogP contribution in [0.4, 0.5) is 5.69 Å². The van der Waals surface area contributed by atoms with Gasteiger partial charge >= 0.3 is 0 Å². The van der Waals surface area contributed by atoms with E-state index in [0.29, 0.717) is 12.1 Å². The van der Waals surface area contributed by atoms with Crippen LogP contribution in [0.25, 0.3) is 75.8 Å². The Kier molecular flexibility index (Phi) is 38.1. The van der Waals surface area contributed by atoms with Crippen molar-refractivity contribution in [3.63, 3.8) is 0 Å². The van der Waals surface area contributed by atoms with E-state index in [1.807, 2.05) is 70.4 Å². The largest absolute Gasteiger partial charge is 0.497 e. The number of ether oxygens (including phenoxy) is 1. The topological polar surface area (TPSA) is 24.5 Å². The van der Waals surface area contributed by atoms with Gasteiger partial charge in [0, 0.05) is 66.2 Å². The fourth-order valence-electron chi connectivity index (χ4n) is 14.5. The minimum Gasteiger partial charge on any atom is -0.497 e. The van der Waals surface area contributed by atoms with E-state index < -0.39 is 0 Å². The summed E-state index contributed by atoms with van der Waals surface area (Å²) in [5.41, 5.74) is 27.6. The molecule has 1 saturated carbocycles. The first-order valence-corrected chi connectivity index (χ1v) is 46.2. The molecule has 2 aliphatic rings. The molecule has 3 nitrogen and oxygen atoms in total. The monoisotopic (exact) mass is 1690 g/mol. The van der Waals surface area contributed by atoms with Crippen LogP contribution in [0, 0.1) is 68.2 Å². The molecule has 0 spiro atoms. The second-order valence-corrected chi connectivity index (χ2v) is 36.7. The number of methoxy groups -OCH3 is 1. The third-order valence-corrected chi connectivity index (χ3v) is 25.5. The van der Waals surface area contributed by atoms with Crippen LogP contribution < -0.4 is 15.0 Å². The molecule has 2 unspecified atom stereocenters. The Hall–Kier alpha value is -11.2. The maximum atomic E-state index is 5.87. The van der Waals surface area contributed by atoms with Crippen molar-refractivity contribution >= 4 is 51.3 Å². The highest BCUT2D eigenvalue weighted by Crippen LogP contribution is 2.37. The highest BCUT2D eigenvalue weighted by Gasteiger charge is 2.22. The molecule has 1 saturated heterocycles. The van der Waals surface area contributed by atoms with Crippen LogP contribution >= 0.6 is 45.6 Å². The number of nitrogens with zero attached hydrogens (tertiary/aromatic N) is 1. The second-order valence-electron chi connectivity index (χ2n) is 32.4. The summed E-state index contributed by atoms with van der Waals surface area (Å²) in [6, 6.07) is 132. The minimum atomic E-state index is 0.598. The number of thiophene rings is 3. The molecule has 2 fully saturated rings. The quantitative estimate of drug-likeness (QED) is 0.132. The second kappa shape index (κ2) is 49.8. The van der Waals surface area contributed by atoms with E-state index >= 15 is 0 Å². The molecule has 630 valence electrons. The number of benzene rings is 13. The molecule has 0 amide bonds. The van der Waals surface area contributed by atoms with Gasteiger partial charge in [0.05, 0.1) is 7.11 Å². The third-order valence-electron chi connectivity index (χ3n) is 22.1. The Labute approximate surface area is 754 Å². The van der Waals surface area contributed by atoms with E-state index in [0.717, 1.165) is 29.0 Å². The van der Waals surface area contributed by atoms with E-state index in [1.54, 1.807) is 7.11 Å². The minimum absolute atomic E-state index is 0.598. The molecule has 1 N–H and O–H groups in total. The number of hydrogen-bond acceptors (Lipinski definition) is 6. The Morgan fingerprint density at radius 3 is 1.11 bits per heavy atom. The van der Waals surface area contributed by atoms with Crippen LogP contribution in [-0.4, -0.2) is 27.2 Å². The number of hydrogen-bond donors (Lipinski definition) is 1. The highest BCUT2D eigenvalue weighted by molar-refractivity contribution is 7.16. The van der Waals surface area contributed by atoms with Gasteiger partial charge in [0.15, 0.2) is 0 Å². The van der Waals surface area contributed by atoms with Gasteiger partial charge < -0.3 is 15.0 Å². The van der Waals surface area contributed by atoms with Gasteiger partial charge in [-0.3, -0.25) is 0 Å². The zero-order valence-corrected chi connectivity index (χ0v) is 78.1. The average molecular weight is 1690 g/mol. The maximum Gasteiger partial charge on any atom is 0.118 e. The smallest absolute Gasteiger partial charge is 0.118 e. The predicted octanol–water partition coefficient (Wildman–Crippen LogP) is 34.2. The standard InChI is InChI=1S/C15H17N.2C14H14.C13H17Cl.C13H14S.C13H12.C12H12OS.C11H15N.C11H10S/c1-12-4-6-13(7-5-12)14-8-10-15(11-9-14)16(2)3;1-11-3-7-13(8-4-11)14-9-5-12(2)6-10-14;1-11-7-9-13(10-8-11)14-6-4-3-5-12(14)2;1-10-2-4-11(5-3-10)12-6-8-13(14)9-7-12;1-3-11-5-7-12(8-6-11)13-9-4-10(2)14-13;1-11-6-5-9-13(10-11)12-7-3-2-4-8-12;1-9-3-8-12(14-9)10-4-6-11(13-2)7-5-10;2*1-9-7-8-11(12-9)10-5-3-2-4-6-10/h4-11H,1-3H3;2*3-10H,1-2H3;6-11H,2-5H2,1H3;4-9H,3H2,1-2H3;2-10H,1H3;3-8H,1-2H3;2-6,9,11-12H,7-8H2,1H3;2-8H,1H3. The predicted molar refractivity (Wildman–Crippen MR) is 543 cm³/mol. The summed E-state index contributed by atoms with van der Waals surface area (Å²) >= 11 is 11.4. The Balaban J connectivity index is 0.000000145. The van der Waals surface area contributed by atoms with Crippen LogP contribution in [0.1, 0.15) is 136 Å². The van der Waals surface area contributed by atoms with Crippen molar-refractivity contribution in [3.8, 4) is 81.6 Å². The van der Waals surface area contributed by atoms with Crippen molar-refractivity contribution in [2.24, 2.45) is 5.92 Å². The molecule has 0 radical (unpaired) electrons. The highest BCUT2D eigenvalue weighted by atomic mass is 35.5. The first-order chi connectivity index (χ1) is 59.6. The lowest BCUT2D eigenvalue weighted by atomic mass is 9.79. The molecule has 3 aromatic heterocycles. The van der Waals surface area contributed by atoms with Gasteiger partial charge in [-0.25, -0.2) is 0 Å². The zero-order valence-electron chi connectivity index (χ0n) is 74.9. The van der Waals surface area contributed by atoms with Crippen molar-refractivity contribution in [1.29, 1.82) is 0 Å². The lowest BCUT2D eigenvalue weighted by Crippen LogP contribution is -2.20. The van der Waals surface area contributed by atoms with Crippen LogP contribution in [0.15, 0.2) is 370 Å². The number of aryl methyl sites for hydroxylation is 10. The van der Waals surface area contributed by atoms with Crippen molar-refractivity contribution in [2.75, 3.05) is 26.1 Å². The van der Waals surface area contributed by atoms with E-state index in [2.05, 4.69) is 441 Å². The zero-order chi connectivity index (χ0) is 87.2. The number of nitrogens with one attached hydrogen (secondary N) is 1. The maximum absolute atomic E-state index is 5.87. The summed E-state index contributed by atoms with van der Waals surface area (Å²) in [4.78, 5) is 10.2. The van der Waals surface area contributed by atoms with Gasteiger partial charge in [0.1, 0.15) is 5.75 Å². The van der Waals surface area contributed by atoms with Crippen molar-refractivity contribution in [1.82, 2.24) is 5.32 Å². The third kappa shape index (κ3) is 31.6. The first-order valence-electron chi connectivity index (χ1n) is 43.4. The Morgan fingerprint density at radius 2 is 0.715 bits per heavy atom. The molecular weight excluding hydrogens is 1570 g/mol. The first kappa shape index (κ1) is 94.1. The Morgan fingerprint density at radius 1 is 0.333 bits per heavy atom. The molecule has 16 aromatic rings. The van der Waals surface area contributed by atoms with Crippen LogP contribution in [-0.2, 0) is 6.42 Å². The van der Waals surface area contributed by atoms with E-state index in [1.165, 1.54) is 185 Å².